The second-order valence-electron chi connectivity index (χ2n) is 7.51. The van der Waals surface area contributed by atoms with Gasteiger partial charge in [0.15, 0.2) is 11.9 Å². The number of hydrogen-bond donors (Lipinski definition) is 6. The van der Waals surface area contributed by atoms with Gasteiger partial charge in [0.25, 0.3) is 0 Å². The van der Waals surface area contributed by atoms with Gasteiger partial charge in [-0.25, -0.2) is 4.79 Å². The SMILES string of the molecule is COc1c(-c2ccc(O)cc2)oc2cc(O[C@@H]3OC(C(=O)O)[C@@H](O)[C@H](O)C3O)cc(O)c2c1=O. The number of methoxy groups -OCH3 is 1. The molecule has 0 bridgehead atoms. The molecule has 12 nitrogen and oxygen atoms in total. The van der Waals surface area contributed by atoms with E-state index in [9.17, 15) is 35.1 Å². The highest BCUT2D eigenvalue weighted by atomic mass is 16.7. The van der Waals surface area contributed by atoms with Gasteiger partial charge in [-0.05, 0) is 24.3 Å². The van der Waals surface area contributed by atoms with Crippen molar-refractivity contribution in [3.05, 3.63) is 46.6 Å². The normalized spacial score (nSPS) is 24.6. The van der Waals surface area contributed by atoms with Gasteiger partial charge in [-0.15, -0.1) is 0 Å². The third-order valence-electron chi connectivity index (χ3n) is 5.31. The van der Waals surface area contributed by atoms with Crippen LogP contribution in [0.15, 0.2) is 45.6 Å². The van der Waals surface area contributed by atoms with Gasteiger partial charge in [0.1, 0.15) is 46.5 Å². The van der Waals surface area contributed by atoms with Crippen molar-refractivity contribution in [2.45, 2.75) is 30.7 Å². The number of aliphatic hydroxyl groups is 3. The predicted octanol–water partition coefficient (Wildman–Crippen LogP) is 0.151. The van der Waals surface area contributed by atoms with E-state index in [2.05, 4.69) is 0 Å². The molecule has 4 rings (SSSR count). The molecule has 0 radical (unpaired) electrons. The third kappa shape index (κ3) is 3.99. The van der Waals surface area contributed by atoms with Gasteiger partial charge >= 0.3 is 5.97 Å². The molecule has 5 atom stereocenters. The molecular weight excluding hydrogens is 456 g/mol. The highest BCUT2D eigenvalue weighted by molar-refractivity contribution is 5.88. The summed E-state index contributed by atoms with van der Waals surface area (Å²) in [6, 6.07) is 7.89. The highest BCUT2D eigenvalue weighted by Crippen LogP contribution is 2.37. The summed E-state index contributed by atoms with van der Waals surface area (Å²) in [4.78, 5) is 24.3. The van der Waals surface area contributed by atoms with Crippen LogP contribution in [0.5, 0.6) is 23.0 Å². The molecule has 1 aliphatic rings. The number of aliphatic carboxylic acids is 1. The molecule has 180 valence electrons. The number of carbonyl (C=O) groups is 1. The fourth-order valence-corrected chi connectivity index (χ4v) is 3.60. The molecule has 1 saturated heterocycles. The number of carboxylic acid groups (broad SMARTS) is 1. The Hall–Kier alpha value is -3.84. The number of carboxylic acids is 1. The number of phenolic OH excluding ortho intramolecular Hbond substituents is 2. The Labute approximate surface area is 190 Å². The van der Waals surface area contributed by atoms with E-state index in [4.69, 9.17) is 23.7 Å². The zero-order valence-corrected chi connectivity index (χ0v) is 17.5. The smallest absolute Gasteiger partial charge is 0.335 e. The number of hydrogen-bond acceptors (Lipinski definition) is 11. The van der Waals surface area contributed by atoms with Gasteiger partial charge in [0.05, 0.1) is 7.11 Å². The maximum absolute atomic E-state index is 13.0. The Bertz CT molecular complexity index is 1280. The number of aliphatic hydroxyl groups excluding tert-OH is 3. The summed E-state index contributed by atoms with van der Waals surface area (Å²) in [6.45, 7) is 0. The summed E-state index contributed by atoms with van der Waals surface area (Å²) in [5.74, 6) is -2.59. The zero-order chi connectivity index (χ0) is 24.7. The van der Waals surface area contributed by atoms with E-state index in [1.807, 2.05) is 0 Å². The standard InChI is InChI=1S/C22H20O12/c1-31-19-14(25)13-11(24)6-10(7-12(13)33-18(19)8-2-4-9(23)5-3-8)32-22-17(28)15(26)16(27)20(34-22)21(29)30/h2-7,15-17,20,22-24,26-28H,1H3,(H,29,30)/t15-,16-,17?,20?,22+/m0/s1. The van der Waals surface area contributed by atoms with Crippen molar-refractivity contribution in [3.8, 4) is 34.3 Å². The van der Waals surface area contributed by atoms with E-state index < -0.39 is 47.9 Å². The zero-order valence-electron chi connectivity index (χ0n) is 17.5. The fraction of sp³-hybridized carbons (Fsp3) is 0.273. The van der Waals surface area contributed by atoms with Gasteiger partial charge in [-0.2, -0.15) is 0 Å². The number of aromatic hydroxyl groups is 2. The Morgan fingerprint density at radius 2 is 1.68 bits per heavy atom. The summed E-state index contributed by atoms with van der Waals surface area (Å²) in [6.07, 6.45) is -9.26. The van der Waals surface area contributed by atoms with E-state index in [1.54, 1.807) is 0 Å². The van der Waals surface area contributed by atoms with Gasteiger partial charge in [0, 0.05) is 17.7 Å². The van der Waals surface area contributed by atoms with Crippen LogP contribution >= 0.6 is 0 Å². The van der Waals surface area contributed by atoms with Gasteiger partial charge < -0.3 is 49.3 Å². The number of ether oxygens (including phenoxy) is 3. The van der Waals surface area contributed by atoms with Crippen molar-refractivity contribution in [1.29, 1.82) is 0 Å². The molecule has 0 aliphatic carbocycles. The largest absolute Gasteiger partial charge is 0.508 e. The van der Waals surface area contributed by atoms with Crippen LogP contribution in [0.4, 0.5) is 0 Å². The molecule has 2 heterocycles. The second kappa shape index (κ2) is 8.83. The summed E-state index contributed by atoms with van der Waals surface area (Å²) >= 11 is 0. The first-order valence-electron chi connectivity index (χ1n) is 9.88. The van der Waals surface area contributed by atoms with E-state index in [0.717, 1.165) is 6.07 Å². The van der Waals surface area contributed by atoms with Crippen LogP contribution in [-0.4, -0.2) is 74.4 Å². The van der Waals surface area contributed by atoms with Crippen LogP contribution < -0.4 is 14.9 Å². The molecule has 0 spiro atoms. The summed E-state index contributed by atoms with van der Waals surface area (Å²) in [7, 11) is 1.25. The lowest BCUT2D eigenvalue weighted by Crippen LogP contribution is -2.61. The molecule has 1 fully saturated rings. The Balaban J connectivity index is 1.78. The van der Waals surface area contributed by atoms with Crippen LogP contribution in [0.25, 0.3) is 22.3 Å². The summed E-state index contributed by atoms with van der Waals surface area (Å²) in [5, 5.41) is 58.8. The van der Waals surface area contributed by atoms with Crippen molar-refractivity contribution in [2.75, 3.05) is 7.11 Å². The predicted molar refractivity (Wildman–Crippen MR) is 113 cm³/mol. The number of phenols is 2. The van der Waals surface area contributed by atoms with Crippen LogP contribution in [0.2, 0.25) is 0 Å². The molecule has 1 aromatic heterocycles. The first-order valence-corrected chi connectivity index (χ1v) is 9.88. The average molecular weight is 476 g/mol. The van der Waals surface area contributed by atoms with Crippen molar-refractivity contribution >= 4 is 16.9 Å². The van der Waals surface area contributed by atoms with Crippen molar-refractivity contribution in [1.82, 2.24) is 0 Å². The maximum atomic E-state index is 13.0. The van der Waals surface area contributed by atoms with Crippen LogP contribution in [0, 0.1) is 0 Å². The molecule has 3 aromatic rings. The number of benzene rings is 2. The Morgan fingerprint density at radius 3 is 2.29 bits per heavy atom. The lowest BCUT2D eigenvalue weighted by molar-refractivity contribution is -0.271. The molecular formula is C22H20O12. The van der Waals surface area contributed by atoms with Crippen molar-refractivity contribution in [2.24, 2.45) is 0 Å². The minimum Gasteiger partial charge on any atom is -0.508 e. The minimum atomic E-state index is -1.91. The van der Waals surface area contributed by atoms with Crippen molar-refractivity contribution < 1.29 is 54.1 Å². The van der Waals surface area contributed by atoms with Crippen molar-refractivity contribution in [3.63, 3.8) is 0 Å². The van der Waals surface area contributed by atoms with E-state index in [1.165, 1.54) is 37.4 Å². The minimum absolute atomic E-state index is 0.00464. The summed E-state index contributed by atoms with van der Waals surface area (Å²) < 4.78 is 21.5. The monoisotopic (exact) mass is 476 g/mol. The Morgan fingerprint density at radius 1 is 1.00 bits per heavy atom. The summed E-state index contributed by atoms with van der Waals surface area (Å²) in [5.41, 5.74) is -0.467. The van der Waals surface area contributed by atoms with Crippen LogP contribution in [0.3, 0.4) is 0 Å². The molecule has 0 amide bonds. The first-order chi connectivity index (χ1) is 16.1. The quantitative estimate of drug-likeness (QED) is 0.292. The second-order valence-corrected chi connectivity index (χ2v) is 7.51. The molecule has 2 unspecified atom stereocenters. The van der Waals surface area contributed by atoms with Gasteiger partial charge in [0.2, 0.25) is 17.5 Å². The first kappa shape index (κ1) is 23.3. The molecule has 6 N–H and O–H groups in total. The average Bonchev–Trinajstić information content (AvgIpc) is 2.79. The van der Waals surface area contributed by atoms with Crippen LogP contribution in [0.1, 0.15) is 0 Å². The van der Waals surface area contributed by atoms with E-state index in [0.29, 0.717) is 5.56 Å². The van der Waals surface area contributed by atoms with Gasteiger partial charge in [-0.3, -0.25) is 4.79 Å². The fourth-order valence-electron chi connectivity index (χ4n) is 3.60. The molecule has 2 aromatic carbocycles. The third-order valence-corrected chi connectivity index (χ3v) is 5.31. The Kier molecular flexibility index (Phi) is 6.06. The topological polar surface area (TPSA) is 196 Å². The molecule has 1 aliphatic heterocycles. The van der Waals surface area contributed by atoms with Gasteiger partial charge in [-0.1, -0.05) is 0 Å². The lowest BCUT2D eigenvalue weighted by Gasteiger charge is -2.38. The number of fused-ring (bicyclic) bond motifs is 1. The van der Waals surface area contributed by atoms with E-state index in [-0.39, 0.29) is 34.0 Å². The van der Waals surface area contributed by atoms with E-state index >= 15 is 0 Å². The number of rotatable bonds is 5. The molecule has 12 heteroatoms. The maximum Gasteiger partial charge on any atom is 0.335 e. The van der Waals surface area contributed by atoms with Crippen LogP contribution in [-0.2, 0) is 9.53 Å². The molecule has 0 saturated carbocycles. The lowest BCUT2D eigenvalue weighted by atomic mass is 9.99. The highest BCUT2D eigenvalue weighted by Gasteiger charge is 2.48. The molecule has 34 heavy (non-hydrogen) atoms.